The van der Waals surface area contributed by atoms with Crippen LogP contribution in [0.4, 0.5) is 5.69 Å². The number of piperidine rings is 1. The fourth-order valence-corrected chi connectivity index (χ4v) is 4.97. The number of carbonyl (C=O) groups excluding carboxylic acids is 1. The Morgan fingerprint density at radius 1 is 1.27 bits per heavy atom. The first-order valence-corrected chi connectivity index (χ1v) is 11.3. The maximum absolute atomic E-state index is 12.5. The summed E-state index contributed by atoms with van der Waals surface area (Å²) >= 11 is 0. The molecule has 0 aliphatic carbocycles. The lowest BCUT2D eigenvalue weighted by Gasteiger charge is -2.37. The topological polar surface area (TPSA) is 74.3 Å². The summed E-state index contributed by atoms with van der Waals surface area (Å²) in [5.74, 6) is 1.02. The largest absolute Gasteiger partial charge is 0.487 e. The van der Waals surface area contributed by atoms with E-state index in [-0.39, 0.29) is 30.6 Å². The van der Waals surface area contributed by atoms with Crippen LogP contribution in [-0.4, -0.2) is 81.1 Å². The highest BCUT2D eigenvalue weighted by Gasteiger charge is 2.46. The van der Waals surface area contributed by atoms with Crippen LogP contribution in [0.15, 0.2) is 18.2 Å². The molecule has 0 aromatic heterocycles. The van der Waals surface area contributed by atoms with Crippen molar-refractivity contribution in [3.63, 3.8) is 0 Å². The molecule has 30 heavy (non-hydrogen) atoms. The molecule has 3 aliphatic heterocycles. The van der Waals surface area contributed by atoms with Gasteiger partial charge in [0.2, 0.25) is 5.91 Å². The van der Waals surface area contributed by atoms with E-state index < -0.39 is 6.10 Å². The van der Waals surface area contributed by atoms with Crippen molar-refractivity contribution in [1.29, 1.82) is 0 Å². The van der Waals surface area contributed by atoms with Crippen LogP contribution in [0.1, 0.15) is 43.6 Å². The van der Waals surface area contributed by atoms with Gasteiger partial charge in [-0.15, -0.1) is 0 Å². The maximum Gasteiger partial charge on any atom is 0.222 e. The quantitative estimate of drug-likeness (QED) is 0.704. The Kier molecular flexibility index (Phi) is 6.80. The predicted octanol–water partition coefficient (Wildman–Crippen LogP) is 1.74. The Labute approximate surface area is 179 Å². The normalized spacial score (nSPS) is 28.4. The number of anilines is 1. The van der Waals surface area contributed by atoms with Crippen molar-refractivity contribution < 1.29 is 19.4 Å². The Morgan fingerprint density at radius 2 is 2.07 bits per heavy atom. The van der Waals surface area contributed by atoms with E-state index in [1.165, 1.54) is 19.3 Å². The molecule has 4 atom stereocenters. The number of rotatable bonds is 7. The van der Waals surface area contributed by atoms with Gasteiger partial charge in [-0.1, -0.05) is 6.42 Å². The number of aliphatic hydroxyl groups is 1. The van der Waals surface area contributed by atoms with Crippen LogP contribution >= 0.6 is 0 Å². The molecule has 0 bridgehead atoms. The Bertz CT molecular complexity index is 735. The third kappa shape index (κ3) is 4.74. The Balaban J connectivity index is 1.35. The molecule has 166 valence electrons. The monoisotopic (exact) mass is 417 g/mol. The van der Waals surface area contributed by atoms with Crippen molar-refractivity contribution in [2.45, 2.75) is 56.3 Å². The summed E-state index contributed by atoms with van der Waals surface area (Å²) in [6, 6.07) is 6.20. The maximum atomic E-state index is 12.5. The van der Waals surface area contributed by atoms with Gasteiger partial charge >= 0.3 is 0 Å². The smallest absolute Gasteiger partial charge is 0.222 e. The number of aliphatic hydroxyl groups excluding tert-OH is 1. The van der Waals surface area contributed by atoms with Gasteiger partial charge in [0.15, 0.2) is 0 Å². The lowest BCUT2D eigenvalue weighted by molar-refractivity contribution is -0.142. The van der Waals surface area contributed by atoms with E-state index >= 15 is 0 Å². The third-order valence-corrected chi connectivity index (χ3v) is 6.61. The summed E-state index contributed by atoms with van der Waals surface area (Å²) in [7, 11) is 4.04. The molecule has 3 aliphatic rings. The molecule has 0 saturated carbocycles. The molecule has 7 nitrogen and oxygen atoms in total. The van der Waals surface area contributed by atoms with Crippen molar-refractivity contribution >= 4 is 11.6 Å². The van der Waals surface area contributed by atoms with E-state index in [1.54, 1.807) is 0 Å². The first-order valence-electron chi connectivity index (χ1n) is 11.3. The molecule has 1 aromatic carbocycles. The van der Waals surface area contributed by atoms with E-state index in [2.05, 4.69) is 21.2 Å². The van der Waals surface area contributed by atoms with Crippen LogP contribution in [0.25, 0.3) is 0 Å². The van der Waals surface area contributed by atoms with Crippen molar-refractivity contribution in [1.82, 2.24) is 10.2 Å². The zero-order chi connectivity index (χ0) is 21.1. The first-order chi connectivity index (χ1) is 14.5. The van der Waals surface area contributed by atoms with Crippen molar-refractivity contribution in [2.75, 3.05) is 51.8 Å². The predicted molar refractivity (Wildman–Crippen MR) is 116 cm³/mol. The standard InChI is InChI=1S/C23H35N3O4/c1-25(2)16-6-7-20-18(12-16)19-13-17(29-21(15-27)23(19)30-20)14-22(28)24-8-11-26-9-4-3-5-10-26/h6-7,12,17,19,21,23,27H,3-5,8-11,13-15H2,1-2H3,(H,24,28)/t17-,19-,21+,23+/m1/s1. The van der Waals surface area contributed by atoms with E-state index in [0.717, 1.165) is 43.1 Å². The second-order valence-corrected chi connectivity index (χ2v) is 8.98. The molecule has 7 heteroatoms. The molecular formula is C23H35N3O4. The number of carbonyl (C=O) groups is 1. The van der Waals surface area contributed by atoms with E-state index in [9.17, 15) is 9.90 Å². The molecule has 1 aromatic rings. The van der Waals surface area contributed by atoms with Gasteiger partial charge in [-0.05, 0) is 50.6 Å². The first kappa shape index (κ1) is 21.4. The van der Waals surface area contributed by atoms with Crippen molar-refractivity contribution in [3.8, 4) is 5.75 Å². The second kappa shape index (κ2) is 9.54. The summed E-state index contributed by atoms with van der Waals surface area (Å²) in [5, 5.41) is 12.9. The summed E-state index contributed by atoms with van der Waals surface area (Å²) in [4.78, 5) is 17.0. The summed E-state index contributed by atoms with van der Waals surface area (Å²) in [6.45, 7) is 3.76. The molecule has 1 amide bonds. The van der Waals surface area contributed by atoms with Gasteiger partial charge < -0.3 is 29.7 Å². The molecule has 2 fully saturated rings. The minimum atomic E-state index is -0.412. The van der Waals surface area contributed by atoms with Gasteiger partial charge in [-0.25, -0.2) is 0 Å². The number of hydrogen-bond acceptors (Lipinski definition) is 6. The highest BCUT2D eigenvalue weighted by Crippen LogP contribution is 2.47. The van der Waals surface area contributed by atoms with Gasteiger partial charge in [0.25, 0.3) is 0 Å². The van der Waals surface area contributed by atoms with Crippen molar-refractivity contribution in [2.24, 2.45) is 0 Å². The minimum Gasteiger partial charge on any atom is -0.487 e. The number of benzene rings is 1. The average molecular weight is 418 g/mol. The zero-order valence-corrected chi connectivity index (χ0v) is 18.2. The van der Waals surface area contributed by atoms with Crippen LogP contribution in [0.5, 0.6) is 5.75 Å². The number of nitrogens with one attached hydrogen (secondary N) is 1. The average Bonchev–Trinajstić information content (AvgIpc) is 3.11. The number of hydrogen-bond donors (Lipinski definition) is 2. The lowest BCUT2D eigenvalue weighted by Crippen LogP contribution is -2.47. The van der Waals surface area contributed by atoms with Gasteiger partial charge in [0.05, 0.1) is 19.1 Å². The lowest BCUT2D eigenvalue weighted by atomic mass is 9.84. The number of amides is 1. The van der Waals surface area contributed by atoms with E-state index in [4.69, 9.17) is 9.47 Å². The molecule has 2 saturated heterocycles. The fraction of sp³-hybridized carbons (Fsp3) is 0.696. The highest BCUT2D eigenvalue weighted by molar-refractivity contribution is 5.76. The van der Waals surface area contributed by atoms with Gasteiger partial charge in [-0.2, -0.15) is 0 Å². The fourth-order valence-electron chi connectivity index (χ4n) is 4.97. The van der Waals surface area contributed by atoms with E-state index in [0.29, 0.717) is 13.0 Å². The molecule has 4 rings (SSSR count). The van der Waals surface area contributed by atoms with Crippen LogP contribution in [0.3, 0.4) is 0 Å². The second-order valence-electron chi connectivity index (χ2n) is 8.98. The van der Waals surface area contributed by atoms with Crippen LogP contribution in [-0.2, 0) is 9.53 Å². The molecular weight excluding hydrogens is 382 g/mol. The SMILES string of the molecule is CN(C)c1ccc2c(c1)[C@H]1C[C@H](CC(=O)NCCN3CCCCC3)O[C@@H](CO)[C@H]1O2. The number of fused-ring (bicyclic) bond motifs is 3. The van der Waals surface area contributed by atoms with Crippen LogP contribution < -0.4 is 15.0 Å². The number of nitrogens with zero attached hydrogens (tertiary/aromatic N) is 2. The Morgan fingerprint density at radius 3 is 2.80 bits per heavy atom. The molecule has 0 spiro atoms. The highest BCUT2D eigenvalue weighted by atomic mass is 16.6. The van der Waals surface area contributed by atoms with Gasteiger partial charge in [0, 0.05) is 44.4 Å². The van der Waals surface area contributed by atoms with Crippen LogP contribution in [0, 0.1) is 0 Å². The molecule has 0 radical (unpaired) electrons. The number of ether oxygens (including phenoxy) is 2. The Hall–Kier alpha value is -1.83. The summed E-state index contributed by atoms with van der Waals surface area (Å²) in [6.07, 6.45) is 4.07. The molecule has 3 heterocycles. The van der Waals surface area contributed by atoms with Gasteiger partial charge in [-0.3, -0.25) is 4.79 Å². The molecule has 0 unspecified atom stereocenters. The minimum absolute atomic E-state index is 0.0216. The third-order valence-electron chi connectivity index (χ3n) is 6.61. The number of likely N-dealkylation sites (tertiary alicyclic amines) is 1. The molecule has 2 N–H and O–H groups in total. The van der Waals surface area contributed by atoms with Gasteiger partial charge in [0.1, 0.15) is 18.0 Å². The zero-order valence-electron chi connectivity index (χ0n) is 18.2. The summed E-state index contributed by atoms with van der Waals surface area (Å²) in [5.41, 5.74) is 2.28. The van der Waals surface area contributed by atoms with Crippen LogP contribution in [0.2, 0.25) is 0 Å². The van der Waals surface area contributed by atoms with Crippen molar-refractivity contribution in [3.05, 3.63) is 23.8 Å². The van der Waals surface area contributed by atoms with E-state index in [1.807, 2.05) is 26.2 Å². The summed E-state index contributed by atoms with van der Waals surface area (Å²) < 4.78 is 12.2.